The summed E-state index contributed by atoms with van der Waals surface area (Å²) in [6.45, 7) is 17.6. The first-order valence-electron chi connectivity index (χ1n) is 14.3. The van der Waals surface area contributed by atoms with E-state index in [9.17, 15) is 0 Å². The van der Waals surface area contributed by atoms with Gasteiger partial charge in [-0.3, -0.25) is 0 Å². The van der Waals surface area contributed by atoms with Crippen LogP contribution in [-0.2, 0) is 17.7 Å². The highest BCUT2D eigenvalue weighted by Gasteiger charge is 2.35. The van der Waals surface area contributed by atoms with Crippen molar-refractivity contribution in [3.05, 3.63) is 69.9 Å². The Balaban J connectivity index is 1.63. The van der Waals surface area contributed by atoms with E-state index in [0.717, 1.165) is 44.0 Å². The Labute approximate surface area is 229 Å². The molecule has 2 aliphatic rings. The molecule has 0 aliphatic carbocycles. The molecule has 1 unspecified atom stereocenters. The van der Waals surface area contributed by atoms with Crippen LogP contribution in [0.15, 0.2) is 36.4 Å². The smallest absolute Gasteiger partial charge is 0.162 e. The SMILES string of the molecule is COC1C[C@@H](C)N(c2nc(-c3c(C)cccc3C)nc3c2CN(c2cc(C(C)C)ccc2C)CC3)[C@@H](C)C1. The standard InChI is InChI=1S/C33H44N4O/c1-20(2)26-13-12-21(3)30(18-26)36-15-14-29-28(19-36)33(37-24(6)16-27(38-8)17-25(37)7)35-32(34-29)31-22(4)10-9-11-23(31)5/h9-13,18,20,24-25,27H,14-17,19H2,1-8H3/t24-,25+,27?. The molecule has 0 N–H and O–H groups in total. The summed E-state index contributed by atoms with van der Waals surface area (Å²) in [6.07, 6.45) is 3.24. The van der Waals surface area contributed by atoms with Gasteiger partial charge in [0.1, 0.15) is 5.82 Å². The fourth-order valence-electron chi connectivity index (χ4n) is 6.55. The topological polar surface area (TPSA) is 41.5 Å². The molecule has 1 aromatic heterocycles. The van der Waals surface area contributed by atoms with Crippen LogP contribution in [0, 0.1) is 20.8 Å². The molecule has 3 atom stereocenters. The Morgan fingerprint density at radius 2 is 1.61 bits per heavy atom. The minimum absolute atomic E-state index is 0.296. The summed E-state index contributed by atoms with van der Waals surface area (Å²) < 4.78 is 5.80. The van der Waals surface area contributed by atoms with Crippen molar-refractivity contribution in [1.29, 1.82) is 0 Å². The number of nitrogens with zero attached hydrogens (tertiary/aromatic N) is 4. The zero-order valence-electron chi connectivity index (χ0n) is 24.5. The van der Waals surface area contributed by atoms with E-state index >= 15 is 0 Å². The van der Waals surface area contributed by atoms with Gasteiger partial charge in [0.05, 0.1) is 11.8 Å². The van der Waals surface area contributed by atoms with Gasteiger partial charge in [0.15, 0.2) is 5.82 Å². The van der Waals surface area contributed by atoms with Gasteiger partial charge >= 0.3 is 0 Å². The lowest BCUT2D eigenvalue weighted by Crippen LogP contribution is -2.50. The summed E-state index contributed by atoms with van der Waals surface area (Å²) in [7, 11) is 1.84. The second kappa shape index (κ2) is 10.7. The average molecular weight is 513 g/mol. The van der Waals surface area contributed by atoms with E-state index in [1.807, 2.05) is 7.11 Å². The van der Waals surface area contributed by atoms with Gasteiger partial charge in [0.25, 0.3) is 0 Å². The zero-order chi connectivity index (χ0) is 27.1. The van der Waals surface area contributed by atoms with Crippen molar-refractivity contribution in [3.63, 3.8) is 0 Å². The molecule has 0 bridgehead atoms. The molecule has 0 amide bonds. The van der Waals surface area contributed by atoms with Crippen LogP contribution in [0.1, 0.15) is 80.0 Å². The molecule has 3 aromatic rings. The van der Waals surface area contributed by atoms with Crippen LogP contribution in [0.4, 0.5) is 11.5 Å². The predicted molar refractivity (Wildman–Crippen MR) is 158 cm³/mol. The number of hydrogen-bond donors (Lipinski definition) is 0. The van der Waals surface area contributed by atoms with Gasteiger partial charge in [-0.25, -0.2) is 9.97 Å². The monoisotopic (exact) mass is 512 g/mol. The summed E-state index contributed by atoms with van der Waals surface area (Å²) >= 11 is 0. The molecular weight excluding hydrogens is 468 g/mol. The molecule has 2 aromatic carbocycles. The Kier molecular flexibility index (Phi) is 7.50. The third-order valence-corrected chi connectivity index (χ3v) is 8.72. The molecule has 5 rings (SSSR count). The number of piperidine rings is 1. The number of aromatic nitrogens is 2. The normalized spacial score (nSPS) is 21.7. The number of anilines is 2. The van der Waals surface area contributed by atoms with Crippen LogP contribution >= 0.6 is 0 Å². The highest BCUT2D eigenvalue weighted by molar-refractivity contribution is 5.69. The number of ether oxygens (including phenoxy) is 1. The van der Waals surface area contributed by atoms with E-state index in [2.05, 4.69) is 94.7 Å². The number of hydrogen-bond acceptors (Lipinski definition) is 5. The molecule has 0 spiro atoms. The van der Waals surface area contributed by atoms with Crippen molar-refractivity contribution in [1.82, 2.24) is 9.97 Å². The van der Waals surface area contributed by atoms with Crippen LogP contribution in [0.25, 0.3) is 11.4 Å². The average Bonchev–Trinajstić information content (AvgIpc) is 2.88. The van der Waals surface area contributed by atoms with E-state index in [0.29, 0.717) is 24.1 Å². The van der Waals surface area contributed by atoms with Crippen molar-refractivity contribution in [2.24, 2.45) is 0 Å². The lowest BCUT2D eigenvalue weighted by molar-refractivity contribution is 0.0611. The molecule has 1 saturated heterocycles. The predicted octanol–water partition coefficient (Wildman–Crippen LogP) is 7.15. The summed E-state index contributed by atoms with van der Waals surface area (Å²) in [5, 5.41) is 0. The van der Waals surface area contributed by atoms with Crippen LogP contribution in [-0.4, -0.2) is 41.8 Å². The second-order valence-electron chi connectivity index (χ2n) is 11.9. The molecule has 2 aliphatic heterocycles. The van der Waals surface area contributed by atoms with E-state index in [4.69, 9.17) is 14.7 Å². The first-order valence-corrected chi connectivity index (χ1v) is 14.3. The van der Waals surface area contributed by atoms with Crippen molar-refractivity contribution in [2.45, 2.75) is 98.4 Å². The van der Waals surface area contributed by atoms with Gasteiger partial charge in [0.2, 0.25) is 0 Å². The summed E-state index contributed by atoms with van der Waals surface area (Å²) in [5.74, 6) is 2.49. The first-order chi connectivity index (χ1) is 18.2. The van der Waals surface area contributed by atoms with Crippen molar-refractivity contribution in [3.8, 4) is 11.4 Å². The maximum absolute atomic E-state index is 5.80. The van der Waals surface area contributed by atoms with Crippen molar-refractivity contribution < 1.29 is 4.74 Å². The minimum atomic E-state index is 0.296. The number of aryl methyl sites for hydroxylation is 3. The van der Waals surface area contributed by atoms with E-state index in [1.165, 1.54) is 44.8 Å². The van der Waals surface area contributed by atoms with Crippen molar-refractivity contribution in [2.75, 3.05) is 23.5 Å². The molecule has 0 saturated carbocycles. The Morgan fingerprint density at radius 1 is 0.921 bits per heavy atom. The number of benzene rings is 2. The van der Waals surface area contributed by atoms with Crippen LogP contribution in [0.3, 0.4) is 0 Å². The maximum Gasteiger partial charge on any atom is 0.162 e. The van der Waals surface area contributed by atoms with Gasteiger partial charge in [-0.2, -0.15) is 0 Å². The van der Waals surface area contributed by atoms with Crippen LogP contribution < -0.4 is 9.80 Å². The van der Waals surface area contributed by atoms with E-state index < -0.39 is 0 Å². The fraction of sp³-hybridized carbons (Fsp3) is 0.515. The lowest BCUT2D eigenvalue weighted by Gasteiger charge is -2.45. The highest BCUT2D eigenvalue weighted by Crippen LogP contribution is 2.38. The lowest BCUT2D eigenvalue weighted by atomic mass is 9.93. The number of rotatable bonds is 5. The van der Waals surface area contributed by atoms with Crippen LogP contribution in [0.5, 0.6) is 0 Å². The third-order valence-electron chi connectivity index (χ3n) is 8.72. The molecular formula is C33H44N4O. The fourth-order valence-corrected chi connectivity index (χ4v) is 6.55. The van der Waals surface area contributed by atoms with E-state index in [-0.39, 0.29) is 0 Å². The molecule has 0 radical (unpaired) electrons. The Bertz CT molecular complexity index is 1280. The highest BCUT2D eigenvalue weighted by atomic mass is 16.5. The van der Waals surface area contributed by atoms with Crippen molar-refractivity contribution >= 4 is 11.5 Å². The van der Waals surface area contributed by atoms with Gasteiger partial charge in [-0.1, -0.05) is 44.2 Å². The van der Waals surface area contributed by atoms with Gasteiger partial charge in [0, 0.05) is 55.5 Å². The molecule has 3 heterocycles. The quantitative estimate of drug-likeness (QED) is 0.363. The summed E-state index contributed by atoms with van der Waals surface area (Å²) in [6, 6.07) is 14.1. The zero-order valence-corrected chi connectivity index (χ0v) is 24.5. The minimum Gasteiger partial charge on any atom is -0.381 e. The van der Waals surface area contributed by atoms with Crippen LogP contribution in [0.2, 0.25) is 0 Å². The molecule has 5 nitrogen and oxygen atoms in total. The largest absolute Gasteiger partial charge is 0.381 e. The molecule has 38 heavy (non-hydrogen) atoms. The first kappa shape index (κ1) is 26.7. The van der Waals surface area contributed by atoms with E-state index in [1.54, 1.807) is 0 Å². The Morgan fingerprint density at radius 3 is 2.24 bits per heavy atom. The second-order valence-corrected chi connectivity index (χ2v) is 11.9. The Hall–Kier alpha value is -2.92. The van der Waals surface area contributed by atoms with Gasteiger partial charge in [-0.05, 0) is 81.7 Å². The van der Waals surface area contributed by atoms with Gasteiger partial charge < -0.3 is 14.5 Å². The number of methoxy groups -OCH3 is 1. The third kappa shape index (κ3) is 4.93. The summed E-state index contributed by atoms with van der Waals surface area (Å²) in [5.41, 5.74) is 10.2. The molecule has 5 heteroatoms. The number of fused-ring (bicyclic) bond motifs is 1. The molecule has 202 valence electrons. The summed E-state index contributed by atoms with van der Waals surface area (Å²) in [4.78, 5) is 15.8. The van der Waals surface area contributed by atoms with Gasteiger partial charge in [-0.15, -0.1) is 0 Å². The molecule has 1 fully saturated rings. The maximum atomic E-state index is 5.80.